The van der Waals surface area contributed by atoms with Gasteiger partial charge >= 0.3 is 0 Å². The van der Waals surface area contributed by atoms with Crippen LogP contribution >= 0.6 is 0 Å². The molecule has 0 aliphatic carbocycles. The van der Waals surface area contributed by atoms with E-state index >= 15 is 0 Å². The molecule has 22 heavy (non-hydrogen) atoms. The number of methoxy groups -OCH3 is 1. The summed E-state index contributed by atoms with van der Waals surface area (Å²) in [5.74, 6) is 1.58. The highest BCUT2D eigenvalue weighted by Gasteiger charge is 2.07. The summed E-state index contributed by atoms with van der Waals surface area (Å²) in [6.07, 6.45) is 3.52. The van der Waals surface area contributed by atoms with Gasteiger partial charge in [-0.25, -0.2) is 0 Å². The summed E-state index contributed by atoms with van der Waals surface area (Å²) >= 11 is 0. The van der Waals surface area contributed by atoms with Crippen LogP contribution in [0.5, 0.6) is 11.5 Å². The molecule has 0 amide bonds. The van der Waals surface area contributed by atoms with Crippen molar-refractivity contribution in [2.24, 2.45) is 0 Å². The molecule has 4 nitrogen and oxygen atoms in total. The zero-order chi connectivity index (χ0) is 16.2. The second-order valence-electron chi connectivity index (χ2n) is 5.65. The number of hydrogen-bond acceptors (Lipinski definition) is 4. The summed E-state index contributed by atoms with van der Waals surface area (Å²) in [4.78, 5) is 0. The number of unbranched alkanes of at least 4 members (excludes halogenated alkanes) is 1. The van der Waals surface area contributed by atoms with Crippen molar-refractivity contribution in [1.29, 1.82) is 0 Å². The van der Waals surface area contributed by atoms with E-state index < -0.39 is 0 Å². The Morgan fingerprint density at radius 1 is 1.09 bits per heavy atom. The number of ether oxygens (including phenoxy) is 3. The standard InChI is InChI=1S/C18H31NO3/c1-5-6-11-21-12-7-10-19-14-16-8-9-17(22-15(2)3)18(13-16)20-4/h8-9,13,15,19H,5-7,10-12,14H2,1-4H3. The molecule has 1 aromatic carbocycles. The molecule has 0 atom stereocenters. The van der Waals surface area contributed by atoms with E-state index in [0.29, 0.717) is 0 Å². The Balaban J connectivity index is 2.28. The molecule has 1 aromatic rings. The third-order valence-corrected chi connectivity index (χ3v) is 3.20. The zero-order valence-corrected chi connectivity index (χ0v) is 14.5. The Hall–Kier alpha value is -1.26. The summed E-state index contributed by atoms with van der Waals surface area (Å²) in [6.45, 7) is 9.69. The van der Waals surface area contributed by atoms with Gasteiger partial charge in [0.2, 0.25) is 0 Å². The van der Waals surface area contributed by atoms with Gasteiger partial charge in [0.1, 0.15) is 0 Å². The molecule has 1 N–H and O–H groups in total. The van der Waals surface area contributed by atoms with Gasteiger partial charge in [-0.3, -0.25) is 0 Å². The SMILES string of the molecule is CCCCOCCCNCc1ccc(OC(C)C)c(OC)c1. The maximum absolute atomic E-state index is 5.72. The summed E-state index contributed by atoms with van der Waals surface area (Å²) in [7, 11) is 1.67. The van der Waals surface area contributed by atoms with Gasteiger partial charge in [0.05, 0.1) is 13.2 Å². The van der Waals surface area contributed by atoms with Crippen molar-refractivity contribution in [3.8, 4) is 11.5 Å². The lowest BCUT2D eigenvalue weighted by atomic mass is 10.2. The van der Waals surface area contributed by atoms with E-state index in [9.17, 15) is 0 Å². The number of rotatable bonds is 12. The van der Waals surface area contributed by atoms with Crippen molar-refractivity contribution in [3.63, 3.8) is 0 Å². The first-order chi connectivity index (χ1) is 10.7. The molecule has 0 spiro atoms. The average Bonchev–Trinajstić information content (AvgIpc) is 2.50. The predicted molar refractivity (Wildman–Crippen MR) is 90.8 cm³/mol. The van der Waals surface area contributed by atoms with Crippen molar-refractivity contribution >= 4 is 0 Å². The molecular formula is C18H31NO3. The molecule has 0 bridgehead atoms. The maximum Gasteiger partial charge on any atom is 0.161 e. The van der Waals surface area contributed by atoms with Gasteiger partial charge < -0.3 is 19.5 Å². The van der Waals surface area contributed by atoms with Crippen LogP contribution in [0.3, 0.4) is 0 Å². The third-order valence-electron chi connectivity index (χ3n) is 3.20. The number of nitrogens with one attached hydrogen (secondary N) is 1. The molecular weight excluding hydrogens is 278 g/mol. The van der Waals surface area contributed by atoms with Crippen LogP contribution in [0.2, 0.25) is 0 Å². The van der Waals surface area contributed by atoms with Gasteiger partial charge in [-0.05, 0) is 50.9 Å². The number of benzene rings is 1. The van der Waals surface area contributed by atoms with E-state index in [2.05, 4.69) is 18.3 Å². The van der Waals surface area contributed by atoms with Crippen LogP contribution < -0.4 is 14.8 Å². The minimum Gasteiger partial charge on any atom is -0.493 e. The first-order valence-electron chi connectivity index (χ1n) is 8.29. The maximum atomic E-state index is 5.72. The predicted octanol–water partition coefficient (Wildman–Crippen LogP) is 3.78. The fourth-order valence-corrected chi connectivity index (χ4v) is 2.05. The Morgan fingerprint density at radius 2 is 1.86 bits per heavy atom. The van der Waals surface area contributed by atoms with Gasteiger partial charge in [0, 0.05) is 19.8 Å². The molecule has 0 aliphatic heterocycles. The van der Waals surface area contributed by atoms with E-state index in [4.69, 9.17) is 14.2 Å². The molecule has 0 fully saturated rings. The van der Waals surface area contributed by atoms with Crippen molar-refractivity contribution in [3.05, 3.63) is 23.8 Å². The monoisotopic (exact) mass is 309 g/mol. The van der Waals surface area contributed by atoms with Crippen LogP contribution in [0.25, 0.3) is 0 Å². The van der Waals surface area contributed by atoms with Gasteiger partial charge in [-0.1, -0.05) is 19.4 Å². The Bertz CT molecular complexity index is 407. The lowest BCUT2D eigenvalue weighted by Crippen LogP contribution is -2.16. The van der Waals surface area contributed by atoms with Crippen LogP contribution in [0.15, 0.2) is 18.2 Å². The normalized spacial score (nSPS) is 11.0. The molecule has 0 aromatic heterocycles. The van der Waals surface area contributed by atoms with Crippen molar-refractivity contribution in [2.45, 2.75) is 52.7 Å². The van der Waals surface area contributed by atoms with Crippen LogP contribution in [0.4, 0.5) is 0 Å². The van der Waals surface area contributed by atoms with E-state index in [1.54, 1.807) is 7.11 Å². The first kappa shape index (κ1) is 18.8. The largest absolute Gasteiger partial charge is 0.493 e. The van der Waals surface area contributed by atoms with E-state index in [-0.39, 0.29) is 6.10 Å². The van der Waals surface area contributed by atoms with Crippen molar-refractivity contribution in [2.75, 3.05) is 26.9 Å². The summed E-state index contributed by atoms with van der Waals surface area (Å²) in [5, 5.41) is 3.43. The van der Waals surface area contributed by atoms with Crippen LogP contribution in [-0.4, -0.2) is 33.0 Å². The van der Waals surface area contributed by atoms with Gasteiger partial charge in [-0.15, -0.1) is 0 Å². The minimum absolute atomic E-state index is 0.144. The molecule has 0 saturated carbocycles. The quantitative estimate of drug-likeness (QED) is 0.597. The van der Waals surface area contributed by atoms with Gasteiger partial charge in [0.15, 0.2) is 11.5 Å². The smallest absolute Gasteiger partial charge is 0.161 e. The molecule has 0 heterocycles. The molecule has 0 aliphatic rings. The number of hydrogen-bond donors (Lipinski definition) is 1. The lowest BCUT2D eigenvalue weighted by Gasteiger charge is -2.14. The van der Waals surface area contributed by atoms with Crippen LogP contribution in [0, 0.1) is 0 Å². The molecule has 0 unspecified atom stereocenters. The second-order valence-corrected chi connectivity index (χ2v) is 5.65. The van der Waals surface area contributed by atoms with Crippen molar-refractivity contribution < 1.29 is 14.2 Å². The lowest BCUT2D eigenvalue weighted by molar-refractivity contribution is 0.129. The van der Waals surface area contributed by atoms with E-state index in [1.807, 2.05) is 26.0 Å². The summed E-state index contributed by atoms with van der Waals surface area (Å²) in [6, 6.07) is 6.08. The Kier molecular flexibility index (Phi) is 9.67. The first-order valence-corrected chi connectivity index (χ1v) is 8.29. The van der Waals surface area contributed by atoms with E-state index in [0.717, 1.165) is 50.6 Å². The summed E-state index contributed by atoms with van der Waals surface area (Å²) < 4.78 is 16.7. The van der Waals surface area contributed by atoms with E-state index in [1.165, 1.54) is 12.0 Å². The fourth-order valence-electron chi connectivity index (χ4n) is 2.05. The summed E-state index contributed by atoms with van der Waals surface area (Å²) in [5.41, 5.74) is 1.19. The van der Waals surface area contributed by atoms with Crippen molar-refractivity contribution in [1.82, 2.24) is 5.32 Å². The Morgan fingerprint density at radius 3 is 2.55 bits per heavy atom. The highest BCUT2D eigenvalue weighted by atomic mass is 16.5. The van der Waals surface area contributed by atoms with Gasteiger partial charge in [0.25, 0.3) is 0 Å². The third kappa shape index (κ3) is 7.66. The molecule has 126 valence electrons. The zero-order valence-electron chi connectivity index (χ0n) is 14.5. The average molecular weight is 309 g/mol. The molecule has 0 radical (unpaired) electrons. The molecule has 4 heteroatoms. The minimum atomic E-state index is 0.144. The fraction of sp³-hybridized carbons (Fsp3) is 0.667. The molecule has 0 saturated heterocycles. The topological polar surface area (TPSA) is 39.7 Å². The highest BCUT2D eigenvalue weighted by molar-refractivity contribution is 5.43. The van der Waals surface area contributed by atoms with Gasteiger partial charge in [-0.2, -0.15) is 0 Å². The molecule has 1 rings (SSSR count). The second kappa shape index (κ2) is 11.3. The highest BCUT2D eigenvalue weighted by Crippen LogP contribution is 2.28. The Labute approximate surface area is 135 Å². The van der Waals surface area contributed by atoms with Crippen LogP contribution in [0.1, 0.15) is 45.6 Å². The van der Waals surface area contributed by atoms with Crippen LogP contribution in [-0.2, 0) is 11.3 Å².